The monoisotopic (exact) mass is 301 g/mol. The summed E-state index contributed by atoms with van der Waals surface area (Å²) in [5, 5.41) is 5.05. The number of hydrogen-bond acceptors (Lipinski definition) is 4. The fourth-order valence-electron chi connectivity index (χ4n) is 2.32. The number of aryl methyl sites for hydroxylation is 1. The molecule has 1 aromatic heterocycles. The number of nitrogens with zero attached hydrogens (tertiary/aromatic N) is 2. The van der Waals surface area contributed by atoms with Crippen molar-refractivity contribution in [2.45, 2.75) is 19.8 Å². The molecule has 5 heteroatoms. The molecule has 0 atom stereocenters. The summed E-state index contributed by atoms with van der Waals surface area (Å²) < 4.78 is 5.83. The van der Waals surface area contributed by atoms with E-state index in [0.717, 1.165) is 35.4 Å². The molecule has 4 nitrogen and oxygen atoms in total. The van der Waals surface area contributed by atoms with Crippen LogP contribution >= 0.6 is 11.6 Å². The van der Waals surface area contributed by atoms with Gasteiger partial charge in [-0.25, -0.2) is 4.98 Å². The van der Waals surface area contributed by atoms with Crippen LogP contribution in [0.4, 0.5) is 5.82 Å². The average molecular weight is 302 g/mol. The van der Waals surface area contributed by atoms with Crippen molar-refractivity contribution < 1.29 is 4.74 Å². The summed E-state index contributed by atoms with van der Waals surface area (Å²) in [5.74, 6) is 1.48. The fourth-order valence-corrected chi connectivity index (χ4v) is 2.49. The van der Waals surface area contributed by atoms with Crippen molar-refractivity contribution in [3.8, 4) is 5.75 Å². The van der Waals surface area contributed by atoms with Gasteiger partial charge in [-0.1, -0.05) is 23.7 Å². The van der Waals surface area contributed by atoms with Gasteiger partial charge in [-0.15, -0.1) is 0 Å². The molecule has 0 spiro atoms. The van der Waals surface area contributed by atoms with Crippen molar-refractivity contribution in [1.82, 2.24) is 4.98 Å². The van der Waals surface area contributed by atoms with Crippen molar-refractivity contribution in [2.75, 3.05) is 12.0 Å². The van der Waals surface area contributed by atoms with E-state index in [0.29, 0.717) is 17.4 Å². The van der Waals surface area contributed by atoms with Gasteiger partial charge in [0.1, 0.15) is 5.75 Å². The summed E-state index contributed by atoms with van der Waals surface area (Å²) in [6.45, 7) is 2.76. The molecular formula is C16H16ClN3O. The highest BCUT2D eigenvalue weighted by Gasteiger charge is 2.16. The molecule has 0 radical (unpaired) electrons. The summed E-state index contributed by atoms with van der Waals surface area (Å²) >= 11 is 6.08. The van der Waals surface area contributed by atoms with Crippen molar-refractivity contribution in [3.05, 3.63) is 52.7 Å². The van der Waals surface area contributed by atoms with E-state index in [1.165, 1.54) is 0 Å². The van der Waals surface area contributed by atoms with E-state index in [2.05, 4.69) is 15.5 Å². The summed E-state index contributed by atoms with van der Waals surface area (Å²) in [6.07, 6.45) is 3.47. The summed E-state index contributed by atoms with van der Waals surface area (Å²) in [5.41, 5.74) is 6.08. The van der Waals surface area contributed by atoms with E-state index in [9.17, 15) is 0 Å². The van der Waals surface area contributed by atoms with E-state index in [1.54, 1.807) is 18.3 Å². The van der Waals surface area contributed by atoms with E-state index in [4.69, 9.17) is 16.3 Å². The maximum atomic E-state index is 6.08. The molecule has 1 aliphatic heterocycles. The molecular weight excluding hydrogens is 286 g/mol. The molecule has 3 rings (SSSR count). The fraction of sp³-hybridized carbons (Fsp3) is 0.250. The number of fused-ring (bicyclic) bond motifs is 1. The normalized spacial score (nSPS) is 16.0. The SMILES string of the molecule is Cc1cccc2c1OCCC/C2=N\Nc1ncccc1Cl. The predicted molar refractivity (Wildman–Crippen MR) is 85.3 cm³/mol. The lowest BCUT2D eigenvalue weighted by Crippen LogP contribution is -2.05. The van der Waals surface area contributed by atoms with Crippen molar-refractivity contribution in [2.24, 2.45) is 5.10 Å². The Morgan fingerprint density at radius 2 is 2.19 bits per heavy atom. The molecule has 1 aromatic carbocycles. The standard InChI is InChI=1S/C16H16ClN3O/c1-11-5-2-6-12-14(8-4-10-21-15(11)12)19-20-16-13(17)7-3-9-18-16/h2-3,5-7,9H,4,8,10H2,1H3,(H,18,20)/b19-14+. The van der Waals surface area contributed by atoms with Crippen LogP contribution in [0.3, 0.4) is 0 Å². The Labute approximate surface area is 128 Å². The molecule has 0 saturated carbocycles. The van der Waals surface area contributed by atoms with Crippen LogP contribution in [0.15, 0.2) is 41.6 Å². The Bertz CT molecular complexity index is 685. The Balaban J connectivity index is 1.94. The zero-order chi connectivity index (χ0) is 14.7. The van der Waals surface area contributed by atoms with E-state index in [1.807, 2.05) is 25.1 Å². The van der Waals surface area contributed by atoms with Gasteiger partial charge in [0.05, 0.1) is 17.3 Å². The first-order chi connectivity index (χ1) is 10.3. The molecule has 0 unspecified atom stereocenters. The molecule has 21 heavy (non-hydrogen) atoms. The number of nitrogens with one attached hydrogen (secondary N) is 1. The van der Waals surface area contributed by atoms with Gasteiger partial charge in [-0.05, 0) is 43.5 Å². The molecule has 1 aliphatic rings. The third-order valence-electron chi connectivity index (χ3n) is 3.38. The number of halogens is 1. The van der Waals surface area contributed by atoms with Crippen LogP contribution in [0, 0.1) is 6.92 Å². The lowest BCUT2D eigenvalue weighted by atomic mass is 10.0. The van der Waals surface area contributed by atoms with E-state index >= 15 is 0 Å². The molecule has 0 fully saturated rings. The van der Waals surface area contributed by atoms with Crippen LogP contribution in [0.25, 0.3) is 0 Å². The first-order valence-corrected chi connectivity index (χ1v) is 7.29. The zero-order valence-corrected chi connectivity index (χ0v) is 12.5. The topological polar surface area (TPSA) is 46.5 Å². The van der Waals surface area contributed by atoms with Crippen LogP contribution in [0.1, 0.15) is 24.0 Å². The lowest BCUT2D eigenvalue weighted by molar-refractivity contribution is 0.316. The summed E-state index contributed by atoms with van der Waals surface area (Å²) in [4.78, 5) is 4.18. The van der Waals surface area contributed by atoms with E-state index < -0.39 is 0 Å². The quantitative estimate of drug-likeness (QED) is 0.852. The largest absolute Gasteiger partial charge is 0.493 e. The predicted octanol–water partition coefficient (Wildman–Crippen LogP) is 4.03. The highest BCUT2D eigenvalue weighted by atomic mass is 35.5. The molecule has 1 N–H and O–H groups in total. The number of aromatic nitrogens is 1. The minimum absolute atomic E-state index is 0.552. The number of benzene rings is 1. The molecule has 0 bridgehead atoms. The minimum atomic E-state index is 0.552. The lowest BCUT2D eigenvalue weighted by Gasteiger charge is -2.11. The Morgan fingerprint density at radius 3 is 3.05 bits per heavy atom. The number of pyridine rings is 1. The number of hydrogen-bond donors (Lipinski definition) is 1. The van der Waals surface area contributed by atoms with Crippen LogP contribution in [-0.4, -0.2) is 17.3 Å². The Morgan fingerprint density at radius 1 is 1.29 bits per heavy atom. The van der Waals surface area contributed by atoms with Gasteiger partial charge >= 0.3 is 0 Å². The first kappa shape index (κ1) is 13.9. The average Bonchev–Trinajstić information content (AvgIpc) is 2.70. The van der Waals surface area contributed by atoms with Crippen LogP contribution in [0.5, 0.6) is 5.75 Å². The van der Waals surface area contributed by atoms with Gasteiger partial charge in [0, 0.05) is 11.8 Å². The maximum Gasteiger partial charge on any atom is 0.165 e. The third-order valence-corrected chi connectivity index (χ3v) is 3.69. The smallest absolute Gasteiger partial charge is 0.165 e. The Hall–Kier alpha value is -2.07. The highest BCUT2D eigenvalue weighted by molar-refractivity contribution is 6.32. The van der Waals surface area contributed by atoms with Crippen molar-refractivity contribution in [3.63, 3.8) is 0 Å². The second-order valence-electron chi connectivity index (χ2n) is 4.91. The second-order valence-corrected chi connectivity index (χ2v) is 5.31. The zero-order valence-electron chi connectivity index (χ0n) is 11.8. The highest BCUT2D eigenvalue weighted by Crippen LogP contribution is 2.28. The number of anilines is 1. The third kappa shape index (κ3) is 3.00. The summed E-state index contributed by atoms with van der Waals surface area (Å²) in [7, 11) is 0. The molecule has 0 amide bonds. The van der Waals surface area contributed by atoms with Crippen LogP contribution in [0.2, 0.25) is 5.02 Å². The van der Waals surface area contributed by atoms with Crippen LogP contribution < -0.4 is 10.2 Å². The van der Waals surface area contributed by atoms with Gasteiger partial charge in [-0.2, -0.15) is 5.10 Å². The minimum Gasteiger partial charge on any atom is -0.493 e. The number of para-hydroxylation sites is 1. The molecule has 2 aromatic rings. The van der Waals surface area contributed by atoms with E-state index in [-0.39, 0.29) is 0 Å². The number of rotatable bonds is 2. The summed E-state index contributed by atoms with van der Waals surface area (Å²) in [6, 6.07) is 9.68. The molecule has 0 aliphatic carbocycles. The Kier molecular flexibility index (Phi) is 4.06. The molecule has 2 heterocycles. The van der Waals surface area contributed by atoms with Crippen LogP contribution in [-0.2, 0) is 0 Å². The molecule has 0 saturated heterocycles. The van der Waals surface area contributed by atoms with Crippen molar-refractivity contribution >= 4 is 23.1 Å². The van der Waals surface area contributed by atoms with Gasteiger partial charge in [0.2, 0.25) is 0 Å². The van der Waals surface area contributed by atoms with Gasteiger partial charge in [0.25, 0.3) is 0 Å². The second kappa shape index (κ2) is 6.14. The maximum absolute atomic E-state index is 6.08. The number of ether oxygens (including phenoxy) is 1. The molecule has 108 valence electrons. The van der Waals surface area contributed by atoms with Crippen molar-refractivity contribution in [1.29, 1.82) is 0 Å². The van der Waals surface area contributed by atoms with Gasteiger partial charge in [-0.3, -0.25) is 5.43 Å². The van der Waals surface area contributed by atoms with Gasteiger partial charge in [0.15, 0.2) is 5.82 Å². The number of hydrazone groups is 1. The first-order valence-electron chi connectivity index (χ1n) is 6.91. The van der Waals surface area contributed by atoms with Gasteiger partial charge < -0.3 is 4.74 Å².